The number of sulfonamides is 1. The molecule has 5 N–H and O–H groups in total. The molecule has 1 aromatic carbocycles. The summed E-state index contributed by atoms with van der Waals surface area (Å²) >= 11 is 0. The lowest BCUT2D eigenvalue weighted by Gasteiger charge is -2.13. The molecule has 1 amide bonds. The number of nitrogens with two attached hydrogens (primary N) is 1. The molecule has 0 fully saturated rings. The summed E-state index contributed by atoms with van der Waals surface area (Å²) in [7, 11) is -4.24. The van der Waals surface area contributed by atoms with E-state index in [1.165, 1.54) is 0 Å². The van der Waals surface area contributed by atoms with E-state index >= 15 is 0 Å². The molecule has 0 unspecified atom stereocenters. The molecule has 114 valence electrons. The number of amides is 1. The normalized spacial score (nSPS) is 12.6. The molecule has 21 heavy (non-hydrogen) atoms. The maximum atomic E-state index is 11.9. The Morgan fingerprint density at radius 3 is 2.05 bits per heavy atom. The van der Waals surface area contributed by atoms with Crippen LogP contribution in [0.1, 0.15) is 16.8 Å². The third kappa shape index (κ3) is 4.54. The first-order chi connectivity index (χ1) is 9.63. The molecule has 1 rings (SSSR count). The second-order valence-electron chi connectivity index (χ2n) is 4.00. The molecular formula is C11H12N2O7S. The van der Waals surface area contributed by atoms with E-state index in [9.17, 15) is 22.8 Å². The first kappa shape index (κ1) is 16.6. The minimum atomic E-state index is -4.24. The van der Waals surface area contributed by atoms with Crippen LogP contribution in [-0.2, 0) is 19.6 Å². The standard InChI is InChI=1S/C11H12N2O7S/c12-10(16)6-1-3-7(4-2-6)21(19,20)13-8(11(17)18)5-9(14)15/h1-4,8,13H,5H2,(H2,12,16)(H,14,15)(H,17,18)/t8-/m0/s1. The first-order valence-electron chi connectivity index (χ1n) is 5.50. The Morgan fingerprint density at radius 1 is 1.14 bits per heavy atom. The smallest absolute Gasteiger partial charge is 0.322 e. The predicted octanol–water partition coefficient (Wildman–Crippen LogP) is -1.01. The van der Waals surface area contributed by atoms with Gasteiger partial charge in [0, 0.05) is 5.56 Å². The van der Waals surface area contributed by atoms with Gasteiger partial charge in [0.05, 0.1) is 11.3 Å². The van der Waals surface area contributed by atoms with Crippen molar-refractivity contribution >= 4 is 27.9 Å². The van der Waals surface area contributed by atoms with Gasteiger partial charge in [0.25, 0.3) is 0 Å². The van der Waals surface area contributed by atoms with Crippen LogP contribution in [-0.4, -0.2) is 42.5 Å². The summed E-state index contributed by atoms with van der Waals surface area (Å²) in [4.78, 5) is 31.9. The molecule has 1 atom stereocenters. The van der Waals surface area contributed by atoms with Crippen LogP contribution in [0.3, 0.4) is 0 Å². The summed E-state index contributed by atoms with van der Waals surface area (Å²) in [5, 5.41) is 17.3. The van der Waals surface area contributed by atoms with Gasteiger partial charge in [-0.25, -0.2) is 8.42 Å². The topological polar surface area (TPSA) is 164 Å². The molecule has 0 aromatic heterocycles. The highest BCUT2D eigenvalue weighted by molar-refractivity contribution is 7.89. The highest BCUT2D eigenvalue weighted by Gasteiger charge is 2.27. The molecule has 0 saturated carbocycles. The molecule has 9 nitrogen and oxygen atoms in total. The van der Waals surface area contributed by atoms with Crippen molar-refractivity contribution in [3.8, 4) is 0 Å². The maximum Gasteiger partial charge on any atom is 0.322 e. The van der Waals surface area contributed by atoms with Gasteiger partial charge in [0.1, 0.15) is 6.04 Å². The van der Waals surface area contributed by atoms with Crippen LogP contribution in [0, 0.1) is 0 Å². The van der Waals surface area contributed by atoms with E-state index in [1.54, 1.807) is 4.72 Å². The van der Waals surface area contributed by atoms with E-state index in [4.69, 9.17) is 15.9 Å². The molecule has 0 radical (unpaired) electrons. The third-order valence-corrected chi connectivity index (χ3v) is 3.91. The van der Waals surface area contributed by atoms with Crippen LogP contribution in [0.15, 0.2) is 29.2 Å². The zero-order valence-corrected chi connectivity index (χ0v) is 11.3. The number of primary amides is 1. The monoisotopic (exact) mass is 316 g/mol. The SMILES string of the molecule is NC(=O)c1ccc(S(=O)(=O)N[C@@H](CC(=O)O)C(=O)O)cc1. The van der Waals surface area contributed by atoms with Crippen LogP contribution >= 0.6 is 0 Å². The molecule has 10 heteroatoms. The van der Waals surface area contributed by atoms with Gasteiger partial charge >= 0.3 is 11.9 Å². The average molecular weight is 316 g/mol. The summed E-state index contributed by atoms with van der Waals surface area (Å²) in [5.41, 5.74) is 5.08. The van der Waals surface area contributed by atoms with E-state index in [2.05, 4.69) is 0 Å². The van der Waals surface area contributed by atoms with Crippen molar-refractivity contribution in [1.29, 1.82) is 0 Å². The number of benzene rings is 1. The van der Waals surface area contributed by atoms with E-state index < -0.39 is 40.3 Å². The lowest BCUT2D eigenvalue weighted by atomic mass is 10.2. The third-order valence-electron chi connectivity index (χ3n) is 2.42. The van der Waals surface area contributed by atoms with Crippen LogP contribution in [0.4, 0.5) is 0 Å². The number of hydrogen-bond donors (Lipinski definition) is 4. The van der Waals surface area contributed by atoms with Crippen molar-refractivity contribution in [2.75, 3.05) is 0 Å². The van der Waals surface area contributed by atoms with Crippen molar-refractivity contribution in [3.63, 3.8) is 0 Å². The minimum absolute atomic E-state index is 0.0780. The van der Waals surface area contributed by atoms with Crippen molar-refractivity contribution in [2.45, 2.75) is 17.4 Å². The fourth-order valence-electron chi connectivity index (χ4n) is 1.41. The van der Waals surface area contributed by atoms with Gasteiger partial charge in [0.15, 0.2) is 0 Å². The van der Waals surface area contributed by atoms with Gasteiger partial charge in [-0.05, 0) is 24.3 Å². The predicted molar refractivity (Wildman–Crippen MR) is 69.0 cm³/mol. The maximum absolute atomic E-state index is 11.9. The summed E-state index contributed by atoms with van der Waals surface area (Å²) in [6.07, 6.45) is -0.909. The number of aliphatic carboxylic acids is 2. The molecule has 0 saturated heterocycles. The number of rotatable bonds is 7. The zero-order valence-electron chi connectivity index (χ0n) is 10.5. The van der Waals surface area contributed by atoms with Crippen molar-refractivity contribution in [2.24, 2.45) is 5.73 Å². The van der Waals surface area contributed by atoms with Gasteiger partial charge in [-0.3, -0.25) is 14.4 Å². The first-order valence-corrected chi connectivity index (χ1v) is 6.98. The lowest BCUT2D eigenvalue weighted by Crippen LogP contribution is -2.42. The minimum Gasteiger partial charge on any atom is -0.481 e. The number of carbonyl (C=O) groups excluding carboxylic acids is 1. The van der Waals surface area contributed by atoms with E-state index in [0.717, 1.165) is 24.3 Å². The highest BCUT2D eigenvalue weighted by Crippen LogP contribution is 2.11. The number of nitrogens with one attached hydrogen (secondary N) is 1. The largest absolute Gasteiger partial charge is 0.481 e. The molecule has 0 spiro atoms. The molecule has 0 aliphatic carbocycles. The van der Waals surface area contributed by atoms with Crippen molar-refractivity contribution in [3.05, 3.63) is 29.8 Å². The zero-order chi connectivity index (χ0) is 16.2. The number of hydrogen-bond acceptors (Lipinski definition) is 5. The van der Waals surface area contributed by atoms with Gasteiger partial charge < -0.3 is 15.9 Å². The summed E-state index contributed by atoms with van der Waals surface area (Å²) < 4.78 is 25.6. The van der Waals surface area contributed by atoms with Crippen molar-refractivity contribution < 1.29 is 33.0 Å². The number of carboxylic acid groups (broad SMARTS) is 2. The van der Waals surface area contributed by atoms with Gasteiger partial charge in [-0.1, -0.05) is 0 Å². The summed E-state index contributed by atoms with van der Waals surface area (Å²) in [6, 6.07) is 2.63. The van der Waals surface area contributed by atoms with E-state index in [0.29, 0.717) is 0 Å². The van der Waals surface area contributed by atoms with Gasteiger partial charge in [-0.15, -0.1) is 0 Å². The van der Waals surface area contributed by atoms with Crippen molar-refractivity contribution in [1.82, 2.24) is 4.72 Å². The van der Waals surface area contributed by atoms with Crippen LogP contribution in [0.2, 0.25) is 0 Å². The average Bonchev–Trinajstić information content (AvgIpc) is 2.37. The Hall–Kier alpha value is -2.46. The Labute approximate surface area is 119 Å². The summed E-state index contributed by atoms with van der Waals surface area (Å²) in [5.74, 6) is -3.83. The molecule has 0 aliphatic heterocycles. The lowest BCUT2D eigenvalue weighted by molar-refractivity contribution is -0.145. The van der Waals surface area contributed by atoms with E-state index in [-0.39, 0.29) is 10.5 Å². The molecule has 0 heterocycles. The highest BCUT2D eigenvalue weighted by atomic mass is 32.2. The molecular weight excluding hydrogens is 304 g/mol. The van der Waals surface area contributed by atoms with Gasteiger partial charge in [-0.2, -0.15) is 4.72 Å². The Balaban J connectivity index is 3.01. The fourth-order valence-corrected chi connectivity index (χ4v) is 2.60. The number of carbonyl (C=O) groups is 3. The quantitative estimate of drug-likeness (QED) is 0.500. The Bertz CT molecular complexity index is 666. The Kier molecular flexibility index (Phi) is 5.00. The van der Waals surface area contributed by atoms with E-state index in [1.807, 2.05) is 0 Å². The number of carboxylic acids is 2. The Morgan fingerprint density at radius 2 is 1.67 bits per heavy atom. The second-order valence-corrected chi connectivity index (χ2v) is 5.71. The fraction of sp³-hybridized carbons (Fsp3) is 0.182. The summed E-state index contributed by atoms with van der Waals surface area (Å²) in [6.45, 7) is 0. The van der Waals surface area contributed by atoms with Crippen LogP contribution < -0.4 is 10.5 Å². The molecule has 0 bridgehead atoms. The van der Waals surface area contributed by atoms with Gasteiger partial charge in [0.2, 0.25) is 15.9 Å². The van der Waals surface area contributed by atoms with Crippen LogP contribution in [0.5, 0.6) is 0 Å². The molecule has 0 aliphatic rings. The second kappa shape index (κ2) is 6.33. The molecule has 1 aromatic rings. The van der Waals surface area contributed by atoms with Crippen LogP contribution in [0.25, 0.3) is 0 Å².